The van der Waals surface area contributed by atoms with Gasteiger partial charge in [0, 0.05) is 12.5 Å². The standard InChI is InChI=1S/C21H24F2N2O4.C2H6/c1-12-4-5-16(15(23)8-12)25-17-9-13(22)10-18(19(17)20(24)26)27-7-6-14-11-28-21(2,3)29-14;1-2/h4-5,8-10,14,25H,6-7,11H2,1-3H3,(H2,24,26);1-2H3. The van der Waals surface area contributed by atoms with Gasteiger partial charge in [0.25, 0.3) is 5.91 Å². The number of ether oxygens (including phenoxy) is 3. The maximum atomic E-state index is 14.2. The molecule has 31 heavy (non-hydrogen) atoms. The summed E-state index contributed by atoms with van der Waals surface area (Å²) in [6.07, 6.45) is 0.308. The summed E-state index contributed by atoms with van der Waals surface area (Å²) in [6, 6.07) is 6.67. The van der Waals surface area contributed by atoms with Gasteiger partial charge >= 0.3 is 0 Å². The highest BCUT2D eigenvalue weighted by molar-refractivity contribution is 6.02. The Balaban J connectivity index is 0.00000166. The number of amides is 1. The fourth-order valence-corrected chi connectivity index (χ4v) is 3.12. The number of carbonyl (C=O) groups excluding carboxylic acids is 1. The molecule has 1 aliphatic rings. The molecule has 0 saturated carbocycles. The van der Waals surface area contributed by atoms with Crippen molar-refractivity contribution in [1.29, 1.82) is 0 Å². The number of rotatable bonds is 7. The summed E-state index contributed by atoms with van der Waals surface area (Å²) in [6.45, 7) is 9.95. The molecule has 1 atom stereocenters. The van der Waals surface area contributed by atoms with Crippen LogP contribution in [0.4, 0.5) is 20.2 Å². The van der Waals surface area contributed by atoms with Crippen molar-refractivity contribution in [3.05, 3.63) is 53.1 Å². The molecule has 0 aliphatic carbocycles. The van der Waals surface area contributed by atoms with Crippen LogP contribution in [0.2, 0.25) is 0 Å². The zero-order valence-electron chi connectivity index (χ0n) is 18.6. The van der Waals surface area contributed by atoms with Gasteiger partial charge in [-0.3, -0.25) is 4.79 Å². The van der Waals surface area contributed by atoms with Gasteiger partial charge in [-0.05, 0) is 44.5 Å². The summed E-state index contributed by atoms with van der Waals surface area (Å²) < 4.78 is 45.1. The zero-order valence-corrected chi connectivity index (χ0v) is 18.6. The van der Waals surface area contributed by atoms with E-state index in [1.54, 1.807) is 13.0 Å². The van der Waals surface area contributed by atoms with E-state index in [2.05, 4.69) is 5.32 Å². The first kappa shape index (κ1) is 24.6. The first-order valence-electron chi connectivity index (χ1n) is 10.3. The SMILES string of the molecule is CC.Cc1ccc(Nc2cc(F)cc(OCCC3COC(C)(C)O3)c2C(N)=O)c(F)c1. The second-order valence-corrected chi connectivity index (χ2v) is 7.39. The largest absolute Gasteiger partial charge is 0.492 e. The first-order chi connectivity index (χ1) is 14.6. The van der Waals surface area contributed by atoms with Crippen molar-refractivity contribution in [3.8, 4) is 5.75 Å². The molecule has 1 unspecified atom stereocenters. The van der Waals surface area contributed by atoms with Crippen LogP contribution in [0.15, 0.2) is 30.3 Å². The molecule has 2 aromatic carbocycles. The fraction of sp³-hybridized carbons (Fsp3) is 0.435. The lowest BCUT2D eigenvalue weighted by Gasteiger charge is -2.18. The third-order valence-electron chi connectivity index (χ3n) is 4.47. The summed E-state index contributed by atoms with van der Waals surface area (Å²) >= 11 is 0. The van der Waals surface area contributed by atoms with Crippen LogP contribution in [0.25, 0.3) is 0 Å². The maximum absolute atomic E-state index is 14.2. The van der Waals surface area contributed by atoms with E-state index < -0.39 is 23.3 Å². The minimum absolute atomic E-state index is 0.0225. The minimum atomic E-state index is -0.823. The molecular weight excluding hydrogens is 406 g/mol. The highest BCUT2D eigenvalue weighted by Gasteiger charge is 2.32. The van der Waals surface area contributed by atoms with E-state index in [-0.39, 0.29) is 35.4 Å². The van der Waals surface area contributed by atoms with Gasteiger partial charge in [0.15, 0.2) is 5.79 Å². The Morgan fingerprint density at radius 3 is 2.52 bits per heavy atom. The number of nitrogens with one attached hydrogen (secondary N) is 1. The highest BCUT2D eigenvalue weighted by atomic mass is 19.1. The number of anilines is 2. The normalized spacial score (nSPS) is 16.9. The van der Waals surface area contributed by atoms with Crippen LogP contribution < -0.4 is 15.8 Å². The maximum Gasteiger partial charge on any atom is 0.254 e. The van der Waals surface area contributed by atoms with E-state index in [0.717, 1.165) is 17.7 Å². The van der Waals surface area contributed by atoms with Crippen LogP contribution in [-0.2, 0) is 9.47 Å². The molecule has 1 fully saturated rings. The van der Waals surface area contributed by atoms with Gasteiger partial charge in [-0.25, -0.2) is 8.78 Å². The predicted octanol–water partition coefficient (Wildman–Crippen LogP) is 5.06. The average Bonchev–Trinajstić information content (AvgIpc) is 3.03. The van der Waals surface area contributed by atoms with Gasteiger partial charge in [-0.2, -0.15) is 0 Å². The van der Waals surface area contributed by atoms with E-state index in [1.807, 2.05) is 27.7 Å². The van der Waals surface area contributed by atoms with Crippen molar-refractivity contribution in [2.24, 2.45) is 5.73 Å². The van der Waals surface area contributed by atoms with Crippen molar-refractivity contribution < 1.29 is 27.8 Å². The summed E-state index contributed by atoms with van der Waals surface area (Å²) in [5.74, 6) is -2.69. The third kappa shape index (κ3) is 6.63. The number of carbonyl (C=O) groups is 1. The molecule has 6 nitrogen and oxygen atoms in total. The molecule has 1 aliphatic heterocycles. The monoisotopic (exact) mass is 436 g/mol. The predicted molar refractivity (Wildman–Crippen MR) is 116 cm³/mol. The number of aryl methyl sites for hydroxylation is 1. The van der Waals surface area contributed by atoms with Gasteiger partial charge in [0.1, 0.15) is 22.9 Å². The summed E-state index contributed by atoms with van der Waals surface area (Å²) in [5, 5.41) is 2.73. The van der Waals surface area contributed by atoms with E-state index in [1.165, 1.54) is 12.1 Å². The van der Waals surface area contributed by atoms with Gasteiger partial charge < -0.3 is 25.3 Å². The highest BCUT2D eigenvalue weighted by Crippen LogP contribution is 2.32. The zero-order chi connectivity index (χ0) is 23.2. The Bertz CT molecular complexity index is 919. The quantitative estimate of drug-likeness (QED) is 0.634. The lowest BCUT2D eigenvalue weighted by molar-refractivity contribution is -0.139. The summed E-state index contributed by atoms with van der Waals surface area (Å²) in [7, 11) is 0. The van der Waals surface area contributed by atoms with E-state index >= 15 is 0 Å². The number of hydrogen-bond acceptors (Lipinski definition) is 5. The molecule has 1 amide bonds. The van der Waals surface area contributed by atoms with E-state index in [4.69, 9.17) is 19.9 Å². The Kier molecular flexibility index (Phi) is 8.36. The van der Waals surface area contributed by atoms with E-state index in [9.17, 15) is 13.6 Å². The third-order valence-corrected chi connectivity index (χ3v) is 4.47. The first-order valence-corrected chi connectivity index (χ1v) is 10.3. The molecule has 1 saturated heterocycles. The molecule has 3 N–H and O–H groups in total. The van der Waals surface area contributed by atoms with Crippen LogP contribution in [0.1, 0.15) is 50.0 Å². The second-order valence-electron chi connectivity index (χ2n) is 7.39. The van der Waals surface area contributed by atoms with Crippen molar-refractivity contribution in [2.45, 2.75) is 52.9 Å². The Morgan fingerprint density at radius 2 is 1.94 bits per heavy atom. The lowest BCUT2D eigenvalue weighted by Crippen LogP contribution is -2.22. The Morgan fingerprint density at radius 1 is 1.23 bits per heavy atom. The van der Waals surface area contributed by atoms with Gasteiger partial charge in [0.2, 0.25) is 0 Å². The molecule has 0 spiro atoms. The van der Waals surface area contributed by atoms with Crippen LogP contribution in [0.5, 0.6) is 5.75 Å². The van der Waals surface area contributed by atoms with Gasteiger partial charge in [0.05, 0.1) is 30.7 Å². The lowest BCUT2D eigenvalue weighted by atomic mass is 10.1. The molecular formula is C23H30F2N2O4. The van der Waals surface area contributed by atoms with Gasteiger partial charge in [-0.1, -0.05) is 19.9 Å². The molecule has 8 heteroatoms. The molecule has 2 aromatic rings. The minimum Gasteiger partial charge on any atom is -0.492 e. The second kappa shape index (κ2) is 10.5. The van der Waals surface area contributed by atoms with Crippen LogP contribution >= 0.6 is 0 Å². The van der Waals surface area contributed by atoms with Crippen LogP contribution in [-0.4, -0.2) is 31.0 Å². The number of primary amides is 1. The summed E-state index contributed by atoms with van der Waals surface area (Å²) in [4.78, 5) is 12.0. The van der Waals surface area contributed by atoms with E-state index in [0.29, 0.717) is 13.0 Å². The molecule has 3 rings (SSSR count). The Hall–Kier alpha value is -2.71. The number of benzene rings is 2. The summed E-state index contributed by atoms with van der Waals surface area (Å²) in [5.41, 5.74) is 6.28. The number of halogens is 2. The van der Waals surface area contributed by atoms with Crippen LogP contribution in [0, 0.1) is 18.6 Å². The number of nitrogens with two attached hydrogens (primary N) is 1. The molecule has 0 radical (unpaired) electrons. The fourth-order valence-electron chi connectivity index (χ4n) is 3.12. The molecule has 170 valence electrons. The van der Waals surface area contributed by atoms with Crippen molar-refractivity contribution in [1.82, 2.24) is 0 Å². The number of hydrogen-bond donors (Lipinski definition) is 2. The molecule has 0 aromatic heterocycles. The Labute approximate surface area is 181 Å². The topological polar surface area (TPSA) is 82.8 Å². The smallest absolute Gasteiger partial charge is 0.254 e. The van der Waals surface area contributed by atoms with Gasteiger partial charge in [-0.15, -0.1) is 0 Å². The van der Waals surface area contributed by atoms with Crippen LogP contribution in [0.3, 0.4) is 0 Å². The van der Waals surface area contributed by atoms with Crippen molar-refractivity contribution in [3.63, 3.8) is 0 Å². The average molecular weight is 436 g/mol. The molecule has 0 bridgehead atoms. The molecule has 1 heterocycles. The van der Waals surface area contributed by atoms with Crippen molar-refractivity contribution >= 4 is 17.3 Å². The van der Waals surface area contributed by atoms with Crippen molar-refractivity contribution in [2.75, 3.05) is 18.5 Å².